The van der Waals surface area contributed by atoms with Crippen LogP contribution in [-0.2, 0) is 9.53 Å². The number of hydrogen-bond donors (Lipinski definition) is 0. The molecule has 0 bridgehead atoms. The molecule has 1 aliphatic rings. The van der Waals surface area contributed by atoms with Crippen molar-refractivity contribution < 1.29 is 9.53 Å². The third kappa shape index (κ3) is 1.99. The monoisotopic (exact) mass is 170 g/mol. The lowest BCUT2D eigenvalue weighted by Gasteiger charge is -2.24. The Morgan fingerprint density at radius 3 is 2.67 bits per heavy atom. The van der Waals surface area contributed by atoms with Gasteiger partial charge in [0.1, 0.15) is 5.60 Å². The normalized spacial score (nSPS) is 27.2. The Morgan fingerprint density at radius 1 is 1.58 bits per heavy atom. The van der Waals surface area contributed by atoms with Gasteiger partial charge in [0, 0.05) is 5.92 Å². The third-order valence-electron chi connectivity index (χ3n) is 2.68. The van der Waals surface area contributed by atoms with Crippen LogP contribution in [0.4, 0.5) is 0 Å². The number of rotatable bonds is 3. The maximum absolute atomic E-state index is 11.0. The van der Waals surface area contributed by atoms with Gasteiger partial charge in [0.15, 0.2) is 0 Å². The van der Waals surface area contributed by atoms with E-state index in [1.807, 2.05) is 13.8 Å². The van der Waals surface area contributed by atoms with Crippen LogP contribution in [0.3, 0.4) is 0 Å². The highest BCUT2D eigenvalue weighted by Gasteiger charge is 2.40. The average molecular weight is 170 g/mol. The molecular weight excluding hydrogens is 152 g/mol. The van der Waals surface area contributed by atoms with Crippen molar-refractivity contribution in [1.82, 2.24) is 0 Å². The topological polar surface area (TPSA) is 26.3 Å². The summed E-state index contributed by atoms with van der Waals surface area (Å²) in [6.07, 6.45) is 4.13. The zero-order valence-corrected chi connectivity index (χ0v) is 8.22. The fourth-order valence-electron chi connectivity index (χ4n) is 1.77. The van der Waals surface area contributed by atoms with Crippen molar-refractivity contribution >= 4 is 5.97 Å². The molecule has 1 fully saturated rings. The van der Waals surface area contributed by atoms with E-state index in [1.54, 1.807) is 0 Å². The summed E-state index contributed by atoms with van der Waals surface area (Å²) in [5, 5.41) is 0. The molecule has 2 heteroatoms. The summed E-state index contributed by atoms with van der Waals surface area (Å²) in [4.78, 5) is 11.0. The quantitative estimate of drug-likeness (QED) is 0.608. The SMILES string of the molecule is CCCCC1CC(=O)OC1(C)C. The number of carbonyl (C=O) groups is 1. The molecule has 1 saturated heterocycles. The molecule has 1 atom stereocenters. The molecule has 1 heterocycles. The lowest BCUT2D eigenvalue weighted by Crippen LogP contribution is -2.27. The number of hydrogen-bond acceptors (Lipinski definition) is 2. The van der Waals surface area contributed by atoms with Gasteiger partial charge in [-0.15, -0.1) is 0 Å². The minimum absolute atomic E-state index is 0.0268. The van der Waals surface area contributed by atoms with Crippen LogP contribution >= 0.6 is 0 Å². The second-order valence-corrected chi connectivity index (χ2v) is 4.12. The standard InChI is InChI=1S/C10H18O2/c1-4-5-6-8-7-9(11)12-10(8,2)3/h8H,4-7H2,1-3H3. The van der Waals surface area contributed by atoms with Crippen molar-refractivity contribution in [2.24, 2.45) is 5.92 Å². The van der Waals surface area contributed by atoms with Crippen molar-refractivity contribution in [3.63, 3.8) is 0 Å². The van der Waals surface area contributed by atoms with Crippen molar-refractivity contribution in [3.8, 4) is 0 Å². The minimum Gasteiger partial charge on any atom is -0.459 e. The molecule has 0 aromatic heterocycles. The Hall–Kier alpha value is -0.530. The summed E-state index contributed by atoms with van der Waals surface area (Å²) in [7, 11) is 0. The molecule has 0 saturated carbocycles. The Bertz CT molecular complexity index is 173. The summed E-state index contributed by atoms with van der Waals surface area (Å²) < 4.78 is 5.22. The lowest BCUT2D eigenvalue weighted by atomic mass is 9.86. The number of ether oxygens (including phenoxy) is 1. The zero-order chi connectivity index (χ0) is 9.19. The number of carbonyl (C=O) groups excluding carboxylic acids is 1. The van der Waals surface area contributed by atoms with Crippen LogP contribution in [0, 0.1) is 5.92 Å². The van der Waals surface area contributed by atoms with Gasteiger partial charge in [-0.05, 0) is 20.3 Å². The highest BCUT2D eigenvalue weighted by atomic mass is 16.6. The molecule has 0 spiro atoms. The Kier molecular flexibility index (Phi) is 2.76. The summed E-state index contributed by atoms with van der Waals surface area (Å²) in [5.41, 5.74) is -0.216. The molecule has 70 valence electrons. The van der Waals surface area contributed by atoms with Crippen molar-refractivity contribution in [2.75, 3.05) is 0 Å². The first-order chi connectivity index (χ1) is 5.56. The van der Waals surface area contributed by atoms with Crippen LogP contribution in [0.15, 0.2) is 0 Å². The van der Waals surface area contributed by atoms with E-state index in [4.69, 9.17) is 4.74 Å². The van der Waals surface area contributed by atoms with E-state index in [0.717, 1.165) is 6.42 Å². The largest absolute Gasteiger partial charge is 0.459 e. The van der Waals surface area contributed by atoms with Crippen molar-refractivity contribution in [2.45, 2.75) is 52.1 Å². The Balaban J connectivity index is 2.47. The predicted octanol–water partition coefficient (Wildman–Crippen LogP) is 2.52. The van der Waals surface area contributed by atoms with E-state index in [9.17, 15) is 4.79 Å². The molecule has 1 aliphatic heterocycles. The predicted molar refractivity (Wildman–Crippen MR) is 47.8 cm³/mol. The van der Waals surface area contributed by atoms with Crippen LogP contribution in [0.2, 0.25) is 0 Å². The first-order valence-corrected chi connectivity index (χ1v) is 4.78. The second-order valence-electron chi connectivity index (χ2n) is 4.12. The van der Waals surface area contributed by atoms with Crippen LogP contribution < -0.4 is 0 Å². The molecule has 0 aliphatic carbocycles. The van der Waals surface area contributed by atoms with Gasteiger partial charge in [-0.3, -0.25) is 4.79 Å². The minimum atomic E-state index is -0.216. The molecule has 0 amide bonds. The highest BCUT2D eigenvalue weighted by Crippen LogP contribution is 2.35. The van der Waals surface area contributed by atoms with Gasteiger partial charge in [-0.1, -0.05) is 19.8 Å². The van der Waals surface area contributed by atoms with Crippen molar-refractivity contribution in [3.05, 3.63) is 0 Å². The molecule has 0 aromatic rings. The first kappa shape index (κ1) is 9.56. The maximum atomic E-state index is 11.0. The fourth-order valence-corrected chi connectivity index (χ4v) is 1.77. The fraction of sp³-hybridized carbons (Fsp3) is 0.900. The molecule has 1 rings (SSSR count). The summed E-state index contributed by atoms with van der Waals surface area (Å²) in [6, 6.07) is 0. The molecule has 0 radical (unpaired) electrons. The summed E-state index contributed by atoms with van der Waals surface area (Å²) >= 11 is 0. The van der Waals surface area contributed by atoms with E-state index in [0.29, 0.717) is 12.3 Å². The van der Waals surface area contributed by atoms with E-state index in [-0.39, 0.29) is 11.6 Å². The van der Waals surface area contributed by atoms with Gasteiger partial charge < -0.3 is 4.74 Å². The van der Waals surface area contributed by atoms with E-state index >= 15 is 0 Å². The first-order valence-electron chi connectivity index (χ1n) is 4.78. The number of esters is 1. The van der Waals surface area contributed by atoms with Gasteiger partial charge in [0.05, 0.1) is 6.42 Å². The molecule has 1 unspecified atom stereocenters. The Labute approximate surface area is 74.3 Å². The van der Waals surface area contributed by atoms with Gasteiger partial charge >= 0.3 is 5.97 Å². The average Bonchev–Trinajstić information content (AvgIpc) is 2.20. The summed E-state index contributed by atoms with van der Waals surface area (Å²) in [5.74, 6) is 0.408. The van der Waals surface area contributed by atoms with Crippen LogP contribution in [0.5, 0.6) is 0 Å². The molecule has 0 N–H and O–H groups in total. The van der Waals surface area contributed by atoms with Gasteiger partial charge in [0.25, 0.3) is 0 Å². The van der Waals surface area contributed by atoms with Gasteiger partial charge in [-0.2, -0.15) is 0 Å². The molecule has 0 aromatic carbocycles. The lowest BCUT2D eigenvalue weighted by molar-refractivity contribution is -0.146. The van der Waals surface area contributed by atoms with Crippen LogP contribution in [0.25, 0.3) is 0 Å². The molecule has 2 nitrogen and oxygen atoms in total. The van der Waals surface area contributed by atoms with E-state index in [1.165, 1.54) is 12.8 Å². The Morgan fingerprint density at radius 2 is 2.25 bits per heavy atom. The van der Waals surface area contributed by atoms with Crippen LogP contribution in [0.1, 0.15) is 46.5 Å². The summed E-state index contributed by atoms with van der Waals surface area (Å²) in [6.45, 7) is 6.20. The number of unbranched alkanes of at least 4 members (excludes halogenated alkanes) is 1. The second kappa shape index (κ2) is 3.46. The van der Waals surface area contributed by atoms with Gasteiger partial charge in [-0.25, -0.2) is 0 Å². The molecular formula is C10H18O2. The van der Waals surface area contributed by atoms with Gasteiger partial charge in [0.2, 0.25) is 0 Å². The third-order valence-corrected chi connectivity index (χ3v) is 2.68. The van der Waals surface area contributed by atoms with Crippen LogP contribution in [-0.4, -0.2) is 11.6 Å². The van der Waals surface area contributed by atoms with E-state index < -0.39 is 0 Å². The van der Waals surface area contributed by atoms with Crippen molar-refractivity contribution in [1.29, 1.82) is 0 Å². The molecule has 12 heavy (non-hydrogen) atoms. The smallest absolute Gasteiger partial charge is 0.306 e. The number of cyclic esters (lactones) is 1. The highest BCUT2D eigenvalue weighted by molar-refractivity contribution is 5.72. The van der Waals surface area contributed by atoms with E-state index in [2.05, 4.69) is 6.92 Å². The maximum Gasteiger partial charge on any atom is 0.306 e. The zero-order valence-electron chi connectivity index (χ0n) is 8.22.